The van der Waals surface area contributed by atoms with Crippen molar-refractivity contribution < 1.29 is 62.4 Å². The average Bonchev–Trinajstić information content (AvgIpc) is 2.98. The minimum Gasteiger partial charge on any atom is -0.480 e. The summed E-state index contributed by atoms with van der Waals surface area (Å²) in [7, 11) is 0. The van der Waals surface area contributed by atoms with Crippen LogP contribution in [-0.2, 0) is 57.2 Å². The van der Waals surface area contributed by atoms with Crippen LogP contribution in [0.1, 0.15) is 131 Å². The Bertz CT molecular complexity index is 1060. The zero-order chi connectivity index (χ0) is 36.1. The number of aliphatic carboxylic acids is 1. The lowest BCUT2D eigenvalue weighted by molar-refractivity contribution is -0.205. The molecule has 14 heteroatoms. The van der Waals surface area contributed by atoms with Crippen molar-refractivity contribution in [2.75, 3.05) is 13.2 Å². The highest BCUT2D eigenvalue weighted by atomic mass is 16.6. The van der Waals surface area contributed by atoms with Gasteiger partial charge in [-0.1, -0.05) is 83.5 Å². The van der Waals surface area contributed by atoms with Gasteiger partial charge in [0.25, 0.3) is 5.91 Å². The summed E-state index contributed by atoms with van der Waals surface area (Å²) >= 11 is 0. The van der Waals surface area contributed by atoms with Gasteiger partial charge >= 0.3 is 35.8 Å². The van der Waals surface area contributed by atoms with Crippen molar-refractivity contribution in [3.05, 3.63) is 0 Å². The number of carboxylic acid groups (broad SMARTS) is 1. The number of hydrogen-bond acceptors (Lipinski definition) is 12. The lowest BCUT2D eigenvalue weighted by Crippen LogP contribution is -2.59. The SMILES string of the molecule is CC(=O)OC[C@H](OC(C)=O)[C@@H](OC(C)=O)[C@H](OC(C)=O)[C@@H](OC(C)=O)C(=O)N1CCCCCCCCCCCCCCCCC1C(=O)O. The highest BCUT2D eigenvalue weighted by Gasteiger charge is 2.49. The summed E-state index contributed by atoms with van der Waals surface area (Å²) in [6, 6.07) is -1.30. The van der Waals surface area contributed by atoms with Crippen LogP contribution in [0.15, 0.2) is 0 Å². The maximum Gasteiger partial charge on any atom is 0.326 e. The molecule has 0 aliphatic carbocycles. The Labute approximate surface area is 283 Å². The highest BCUT2D eigenvalue weighted by molar-refractivity contribution is 5.89. The average molecular weight is 686 g/mol. The van der Waals surface area contributed by atoms with Gasteiger partial charge in [-0.15, -0.1) is 0 Å². The zero-order valence-corrected chi connectivity index (χ0v) is 29.2. The first kappa shape index (κ1) is 42.3. The van der Waals surface area contributed by atoms with E-state index in [1.165, 1.54) is 19.3 Å². The highest BCUT2D eigenvalue weighted by Crippen LogP contribution is 2.25. The normalized spacial score (nSPS) is 19.9. The van der Waals surface area contributed by atoms with E-state index in [0.29, 0.717) is 19.3 Å². The summed E-state index contributed by atoms with van der Waals surface area (Å²) in [6.07, 6.45) is 6.04. The second-order valence-corrected chi connectivity index (χ2v) is 12.3. The quantitative estimate of drug-likeness (QED) is 0.238. The molecule has 274 valence electrons. The fourth-order valence-electron chi connectivity index (χ4n) is 5.82. The number of ether oxygens (including phenoxy) is 5. The molecule has 14 nitrogen and oxygen atoms in total. The number of nitrogens with zero attached hydrogens (tertiary/aromatic N) is 1. The Hall–Kier alpha value is -3.71. The maximum atomic E-state index is 14.5. The van der Waals surface area contributed by atoms with Crippen LogP contribution in [-0.4, -0.2) is 95.3 Å². The van der Waals surface area contributed by atoms with Crippen molar-refractivity contribution in [1.29, 1.82) is 0 Å². The van der Waals surface area contributed by atoms with Gasteiger partial charge in [-0.3, -0.25) is 28.8 Å². The maximum absolute atomic E-state index is 14.5. The number of carboxylic acids is 1. The lowest BCUT2D eigenvalue weighted by Gasteiger charge is -2.38. The first-order valence-electron chi connectivity index (χ1n) is 17.1. The van der Waals surface area contributed by atoms with Crippen LogP contribution >= 0.6 is 0 Å². The van der Waals surface area contributed by atoms with Gasteiger partial charge in [-0.2, -0.15) is 0 Å². The Balaban J connectivity index is 3.65. The van der Waals surface area contributed by atoms with E-state index in [2.05, 4.69) is 0 Å². The molecule has 1 aliphatic heterocycles. The summed E-state index contributed by atoms with van der Waals surface area (Å²) in [6.45, 7) is 4.45. The molecule has 0 radical (unpaired) electrons. The van der Waals surface area contributed by atoms with E-state index in [0.717, 1.165) is 90.9 Å². The van der Waals surface area contributed by atoms with Gasteiger partial charge in [0, 0.05) is 41.2 Å². The second kappa shape index (κ2) is 23.6. The topological polar surface area (TPSA) is 189 Å². The van der Waals surface area contributed by atoms with E-state index in [1.54, 1.807) is 0 Å². The third-order valence-electron chi connectivity index (χ3n) is 7.97. The van der Waals surface area contributed by atoms with Crippen LogP contribution in [0.5, 0.6) is 0 Å². The standard InChI is InChI=1S/C34H55NO13/c1-23(36)44-22-29(45-24(2)37)30(46-25(3)38)31(47-26(4)39)32(48-27(5)40)33(41)35-21-19-17-15-13-11-9-7-6-8-10-12-14-16-18-20-28(35)34(42)43/h28-32H,6-22H2,1-5H3,(H,42,43)/t28?,29-,30+,31-,32+/m0/s1. The van der Waals surface area contributed by atoms with Gasteiger partial charge in [-0.05, 0) is 12.8 Å². The molecule has 5 atom stereocenters. The van der Waals surface area contributed by atoms with Crippen molar-refractivity contribution in [3.8, 4) is 0 Å². The lowest BCUT2D eigenvalue weighted by atomic mass is 9.98. The summed E-state index contributed by atoms with van der Waals surface area (Å²) < 4.78 is 26.6. The minimum atomic E-state index is -2.02. The summed E-state index contributed by atoms with van der Waals surface area (Å²) in [5, 5.41) is 10.3. The number of rotatable bonds is 11. The van der Waals surface area contributed by atoms with E-state index in [4.69, 9.17) is 23.7 Å². The molecule has 48 heavy (non-hydrogen) atoms. The van der Waals surface area contributed by atoms with E-state index >= 15 is 0 Å². The molecular weight excluding hydrogens is 630 g/mol. The number of hydrogen-bond donors (Lipinski definition) is 1. The van der Waals surface area contributed by atoms with E-state index in [9.17, 15) is 38.7 Å². The van der Waals surface area contributed by atoms with Crippen LogP contribution in [0.4, 0.5) is 0 Å². The molecule has 1 heterocycles. The molecule has 1 N–H and O–H groups in total. The molecule has 0 saturated carbocycles. The van der Waals surface area contributed by atoms with Crippen LogP contribution in [0.2, 0.25) is 0 Å². The summed E-state index contributed by atoms with van der Waals surface area (Å²) in [4.78, 5) is 89.1. The fraction of sp³-hybridized carbons (Fsp3) is 0.794. The van der Waals surface area contributed by atoms with Gasteiger partial charge in [0.05, 0.1) is 0 Å². The first-order chi connectivity index (χ1) is 22.7. The predicted octanol–water partition coefficient (Wildman–Crippen LogP) is 4.42. The van der Waals surface area contributed by atoms with Crippen LogP contribution in [0, 0.1) is 0 Å². The number of esters is 5. The number of amides is 1. The molecule has 0 aromatic heterocycles. The first-order valence-corrected chi connectivity index (χ1v) is 17.1. The molecule has 0 spiro atoms. The fourth-order valence-corrected chi connectivity index (χ4v) is 5.82. The Morgan fingerprint density at radius 2 is 0.979 bits per heavy atom. The van der Waals surface area contributed by atoms with Crippen molar-refractivity contribution in [2.45, 2.75) is 161 Å². The van der Waals surface area contributed by atoms with Gasteiger partial charge < -0.3 is 33.7 Å². The zero-order valence-electron chi connectivity index (χ0n) is 29.2. The smallest absolute Gasteiger partial charge is 0.326 e. The molecule has 0 aromatic carbocycles. The van der Waals surface area contributed by atoms with E-state index in [1.807, 2.05) is 0 Å². The summed E-state index contributed by atoms with van der Waals surface area (Å²) in [5.74, 6) is -6.84. The van der Waals surface area contributed by atoms with Gasteiger partial charge in [0.15, 0.2) is 18.3 Å². The second-order valence-electron chi connectivity index (χ2n) is 12.3. The number of carbonyl (C=O) groups excluding carboxylic acids is 6. The molecule has 1 saturated heterocycles. The van der Waals surface area contributed by atoms with Gasteiger partial charge in [0.2, 0.25) is 6.10 Å². The van der Waals surface area contributed by atoms with Crippen LogP contribution in [0.25, 0.3) is 0 Å². The van der Waals surface area contributed by atoms with Crippen molar-refractivity contribution in [1.82, 2.24) is 4.90 Å². The molecule has 0 bridgehead atoms. The van der Waals surface area contributed by atoms with E-state index in [-0.39, 0.29) is 13.0 Å². The molecule has 1 amide bonds. The van der Waals surface area contributed by atoms with Gasteiger partial charge in [-0.25, -0.2) is 4.79 Å². The largest absolute Gasteiger partial charge is 0.480 e. The monoisotopic (exact) mass is 685 g/mol. The van der Waals surface area contributed by atoms with Gasteiger partial charge in [0.1, 0.15) is 12.6 Å². The minimum absolute atomic E-state index is 0.000585. The predicted molar refractivity (Wildman–Crippen MR) is 171 cm³/mol. The molecule has 1 aliphatic rings. The molecule has 1 fully saturated rings. The van der Waals surface area contributed by atoms with Crippen molar-refractivity contribution >= 4 is 41.7 Å². The van der Waals surface area contributed by atoms with Crippen LogP contribution in [0.3, 0.4) is 0 Å². The molecule has 1 rings (SSSR count). The Kier molecular flexibility index (Phi) is 20.8. The van der Waals surface area contributed by atoms with Crippen LogP contribution < -0.4 is 0 Å². The third-order valence-corrected chi connectivity index (χ3v) is 7.97. The third kappa shape index (κ3) is 17.4. The number of carbonyl (C=O) groups is 7. The molecule has 1 unspecified atom stereocenters. The molecule has 0 aromatic rings. The van der Waals surface area contributed by atoms with Crippen molar-refractivity contribution in [3.63, 3.8) is 0 Å². The summed E-state index contributed by atoms with van der Waals surface area (Å²) in [5.41, 5.74) is 0. The van der Waals surface area contributed by atoms with E-state index < -0.39 is 78.8 Å². The Morgan fingerprint density at radius 3 is 1.40 bits per heavy atom. The Morgan fingerprint density at radius 1 is 0.562 bits per heavy atom. The molecular formula is C34H55NO13. The van der Waals surface area contributed by atoms with Crippen molar-refractivity contribution in [2.24, 2.45) is 0 Å².